The summed E-state index contributed by atoms with van der Waals surface area (Å²) < 4.78 is 7.59. The molecule has 0 saturated heterocycles. The van der Waals surface area contributed by atoms with Gasteiger partial charge < -0.3 is 0 Å². The summed E-state index contributed by atoms with van der Waals surface area (Å²) >= 11 is -1.79. The summed E-state index contributed by atoms with van der Waals surface area (Å²) in [5.74, 6) is 0.857. The van der Waals surface area contributed by atoms with Crippen LogP contribution in [0.2, 0.25) is 0 Å². The molecule has 0 spiro atoms. The van der Waals surface area contributed by atoms with E-state index < -0.39 is 13.5 Å². The topological polar surface area (TPSA) is 9.23 Å². The van der Waals surface area contributed by atoms with Gasteiger partial charge >= 0.3 is 104 Å². The standard InChI is InChI=1S/C11H14O.2ClH.Ru/c1-8(2)12-11-6-5-9(3)7-10(11)4;;;/h4-8H,1-3H3;2*1H;/q;;;+2/p-2. The van der Waals surface area contributed by atoms with Crippen molar-refractivity contribution in [3.05, 3.63) is 29.3 Å². The molecule has 1 aromatic rings. The monoisotopic (exact) mass is 334 g/mol. The fourth-order valence-corrected chi connectivity index (χ4v) is 2.98. The van der Waals surface area contributed by atoms with Crippen LogP contribution in [-0.2, 0) is 13.5 Å². The first-order valence-corrected chi connectivity index (χ1v) is 10.1. The zero-order chi connectivity index (χ0) is 11.4. The molecule has 0 aliphatic heterocycles. The average Bonchev–Trinajstić information content (AvgIpc) is 2.08. The summed E-state index contributed by atoms with van der Waals surface area (Å²) in [6, 6.07) is 6.03. The van der Waals surface area contributed by atoms with Crippen molar-refractivity contribution in [1.29, 1.82) is 0 Å². The van der Waals surface area contributed by atoms with Crippen molar-refractivity contribution in [1.82, 2.24) is 0 Å². The molecule has 0 saturated carbocycles. The number of hydrogen-bond donors (Lipinski definition) is 0. The van der Waals surface area contributed by atoms with Crippen molar-refractivity contribution in [2.24, 2.45) is 0 Å². The van der Waals surface area contributed by atoms with Crippen molar-refractivity contribution in [2.75, 3.05) is 0 Å². The Morgan fingerprint density at radius 3 is 2.53 bits per heavy atom. The molecule has 0 atom stereocenters. The van der Waals surface area contributed by atoms with Crippen molar-refractivity contribution in [2.45, 2.75) is 26.9 Å². The van der Waals surface area contributed by atoms with Crippen LogP contribution in [0.1, 0.15) is 25.0 Å². The van der Waals surface area contributed by atoms with Crippen LogP contribution in [0.3, 0.4) is 0 Å². The number of rotatable bonds is 3. The Hall–Kier alpha value is 0.0934. The molecule has 15 heavy (non-hydrogen) atoms. The second kappa shape index (κ2) is 5.98. The molecule has 0 aliphatic rings. The first kappa shape index (κ1) is 13.2. The molecule has 0 N–H and O–H groups in total. The third-order valence-electron chi connectivity index (χ3n) is 1.72. The summed E-state index contributed by atoms with van der Waals surface area (Å²) in [6.45, 7) is 6.04. The molecule has 0 fully saturated rings. The predicted octanol–water partition coefficient (Wildman–Crippen LogP) is 3.86. The molecule has 0 radical (unpaired) electrons. The first-order chi connectivity index (χ1) is 6.99. The minimum absolute atomic E-state index is 0.158. The normalized spacial score (nSPS) is 11.5. The summed E-state index contributed by atoms with van der Waals surface area (Å²) in [7, 11) is 11.7. The van der Waals surface area contributed by atoms with Crippen LogP contribution in [0.4, 0.5) is 0 Å². The molecule has 0 heterocycles. The zero-order valence-electron chi connectivity index (χ0n) is 8.90. The van der Waals surface area contributed by atoms with E-state index in [-0.39, 0.29) is 6.10 Å². The molecular weight excluding hydrogens is 320 g/mol. The molecule has 1 nitrogen and oxygen atoms in total. The number of halogens is 2. The second-order valence-corrected chi connectivity index (χ2v) is 9.24. The van der Waals surface area contributed by atoms with Gasteiger partial charge in [-0.3, -0.25) is 0 Å². The van der Waals surface area contributed by atoms with E-state index in [0.29, 0.717) is 0 Å². The van der Waals surface area contributed by atoms with E-state index in [9.17, 15) is 0 Å². The van der Waals surface area contributed by atoms with E-state index in [2.05, 4.69) is 0 Å². The Bertz CT molecular complexity index is 371. The Kier molecular flexibility index (Phi) is 5.25. The molecule has 4 heteroatoms. The SMILES string of the molecule is Cc1ccc(OC(C)C)c([CH]=[Ru]([Cl])[Cl])c1. The van der Waals surface area contributed by atoms with Gasteiger partial charge in [-0.15, -0.1) is 0 Å². The van der Waals surface area contributed by atoms with Gasteiger partial charge in [0.2, 0.25) is 0 Å². The van der Waals surface area contributed by atoms with Gasteiger partial charge in [-0.25, -0.2) is 0 Å². The van der Waals surface area contributed by atoms with Gasteiger partial charge in [-0.2, -0.15) is 0 Å². The zero-order valence-corrected chi connectivity index (χ0v) is 12.2. The van der Waals surface area contributed by atoms with Gasteiger partial charge in [0, 0.05) is 0 Å². The molecule has 0 amide bonds. The molecule has 0 bridgehead atoms. The Morgan fingerprint density at radius 2 is 2.00 bits per heavy atom. The fourth-order valence-electron chi connectivity index (χ4n) is 1.19. The summed E-state index contributed by atoms with van der Waals surface area (Å²) in [5.41, 5.74) is 2.19. The molecule has 1 rings (SSSR count). The average molecular weight is 334 g/mol. The van der Waals surface area contributed by atoms with Crippen LogP contribution in [0.25, 0.3) is 0 Å². The van der Waals surface area contributed by atoms with Crippen LogP contribution in [-0.4, -0.2) is 10.7 Å². The van der Waals surface area contributed by atoms with Crippen molar-refractivity contribution < 1.29 is 18.3 Å². The predicted molar refractivity (Wildman–Crippen MR) is 63.8 cm³/mol. The van der Waals surface area contributed by atoms with Gasteiger partial charge in [0.1, 0.15) is 0 Å². The summed E-state index contributed by atoms with van der Waals surface area (Å²) in [5, 5.41) is 0. The maximum atomic E-state index is 5.87. The third kappa shape index (κ3) is 4.63. The van der Waals surface area contributed by atoms with Gasteiger partial charge in [-0.1, -0.05) is 0 Å². The number of aryl methyl sites for hydroxylation is 1. The van der Waals surface area contributed by atoms with E-state index in [1.165, 1.54) is 5.56 Å². The van der Waals surface area contributed by atoms with Gasteiger partial charge in [-0.05, 0) is 0 Å². The Labute approximate surface area is 104 Å². The van der Waals surface area contributed by atoms with Gasteiger partial charge in [0.15, 0.2) is 0 Å². The van der Waals surface area contributed by atoms with Crippen molar-refractivity contribution in [3.8, 4) is 5.75 Å². The summed E-state index contributed by atoms with van der Waals surface area (Å²) in [6.07, 6.45) is 0.158. The van der Waals surface area contributed by atoms with Crippen LogP contribution in [0, 0.1) is 6.92 Å². The van der Waals surface area contributed by atoms with Gasteiger partial charge in [0.05, 0.1) is 0 Å². The van der Waals surface area contributed by atoms with Gasteiger partial charge in [0.25, 0.3) is 0 Å². The van der Waals surface area contributed by atoms with E-state index in [4.69, 9.17) is 24.1 Å². The Balaban J connectivity index is 3.08. The minimum atomic E-state index is -1.79. The summed E-state index contributed by atoms with van der Waals surface area (Å²) in [4.78, 5) is 0. The first-order valence-electron chi connectivity index (χ1n) is 4.59. The molecular formula is C11H14Cl2ORu. The third-order valence-corrected chi connectivity index (χ3v) is 3.55. The maximum absolute atomic E-state index is 5.87. The molecule has 86 valence electrons. The van der Waals surface area contributed by atoms with E-state index in [0.717, 1.165) is 11.3 Å². The fraction of sp³-hybridized carbons (Fsp3) is 0.364. The van der Waals surface area contributed by atoms with Crippen LogP contribution in [0.15, 0.2) is 18.2 Å². The second-order valence-electron chi connectivity index (χ2n) is 3.51. The molecule has 0 unspecified atom stereocenters. The van der Waals surface area contributed by atoms with E-state index in [1.54, 1.807) is 0 Å². The van der Waals surface area contributed by atoms with E-state index >= 15 is 0 Å². The number of hydrogen-bond acceptors (Lipinski definition) is 1. The van der Waals surface area contributed by atoms with Crippen molar-refractivity contribution in [3.63, 3.8) is 0 Å². The van der Waals surface area contributed by atoms with Crippen molar-refractivity contribution >= 4 is 24.0 Å². The quantitative estimate of drug-likeness (QED) is 0.763. The van der Waals surface area contributed by atoms with Crippen LogP contribution >= 0.6 is 19.4 Å². The molecule has 1 aromatic carbocycles. The molecule has 0 aromatic heterocycles. The van der Waals surface area contributed by atoms with Crippen LogP contribution in [0.5, 0.6) is 5.75 Å². The van der Waals surface area contributed by atoms with Crippen LogP contribution < -0.4 is 4.74 Å². The number of ether oxygens (including phenoxy) is 1. The molecule has 0 aliphatic carbocycles. The van der Waals surface area contributed by atoms with E-state index in [1.807, 2.05) is 43.6 Å². The number of benzene rings is 1. The Morgan fingerprint density at radius 1 is 1.33 bits per heavy atom.